The highest BCUT2D eigenvalue weighted by atomic mass is 16.5. The molecule has 1 aliphatic carbocycles. The minimum absolute atomic E-state index is 0.0278. The zero-order valence-corrected chi connectivity index (χ0v) is 20.3. The van der Waals surface area contributed by atoms with Gasteiger partial charge in [0.1, 0.15) is 0 Å². The number of ether oxygens (including phenoxy) is 1. The van der Waals surface area contributed by atoms with E-state index in [0.717, 1.165) is 74.9 Å². The second-order valence-corrected chi connectivity index (χ2v) is 10.8. The molecule has 2 atom stereocenters. The topological polar surface area (TPSA) is 96.1 Å². The number of carbonyl (C=O) groups is 1. The number of hydrogen-bond donors (Lipinski definition) is 1. The highest BCUT2D eigenvalue weighted by Crippen LogP contribution is 2.42. The minimum Gasteiger partial charge on any atom is -0.381 e. The van der Waals surface area contributed by atoms with Gasteiger partial charge in [-0.25, -0.2) is 4.68 Å². The molecule has 8 nitrogen and oxygen atoms in total. The van der Waals surface area contributed by atoms with Crippen molar-refractivity contribution in [3.63, 3.8) is 0 Å². The van der Waals surface area contributed by atoms with Crippen LogP contribution < -0.4 is 10.2 Å². The number of hydrogen-bond acceptors (Lipinski definition) is 6. The molecular weight excluding hydrogens is 440 g/mol. The number of fused-ring (bicyclic) bond motifs is 1. The number of pyridine rings is 1. The number of nitrogens with zero attached hydrogens (tertiary/aromatic N) is 5. The van der Waals surface area contributed by atoms with Crippen LogP contribution in [0, 0.1) is 22.7 Å². The molecule has 2 aromatic heterocycles. The van der Waals surface area contributed by atoms with E-state index in [2.05, 4.69) is 22.4 Å². The van der Waals surface area contributed by atoms with Gasteiger partial charge in [-0.3, -0.25) is 9.78 Å². The molecule has 0 aromatic carbocycles. The van der Waals surface area contributed by atoms with E-state index < -0.39 is 0 Å². The third kappa shape index (κ3) is 4.20. The Kier molecular flexibility index (Phi) is 5.97. The second-order valence-electron chi connectivity index (χ2n) is 10.8. The van der Waals surface area contributed by atoms with Crippen LogP contribution in [-0.4, -0.2) is 47.0 Å². The maximum absolute atomic E-state index is 12.7. The van der Waals surface area contributed by atoms with Crippen molar-refractivity contribution in [1.29, 1.82) is 5.26 Å². The van der Waals surface area contributed by atoms with E-state index in [-0.39, 0.29) is 17.7 Å². The van der Waals surface area contributed by atoms with Crippen molar-refractivity contribution < 1.29 is 9.53 Å². The van der Waals surface area contributed by atoms with Crippen LogP contribution in [0.1, 0.15) is 85.5 Å². The van der Waals surface area contributed by atoms with Gasteiger partial charge in [-0.05, 0) is 50.0 Å². The van der Waals surface area contributed by atoms with Crippen LogP contribution in [0.3, 0.4) is 0 Å². The Labute approximate surface area is 206 Å². The number of nitriles is 1. The maximum atomic E-state index is 12.7. The lowest BCUT2D eigenvalue weighted by molar-refractivity contribution is 0.00205. The fraction of sp³-hybridized carbons (Fsp3) is 0.630. The summed E-state index contributed by atoms with van der Waals surface area (Å²) < 4.78 is 7.44. The smallest absolute Gasteiger partial charge is 0.255 e. The summed E-state index contributed by atoms with van der Waals surface area (Å²) in [6.45, 7) is 4.22. The Balaban J connectivity index is 1.29. The first kappa shape index (κ1) is 22.5. The van der Waals surface area contributed by atoms with Crippen molar-refractivity contribution in [3.05, 3.63) is 35.3 Å². The summed E-state index contributed by atoms with van der Waals surface area (Å²) in [7, 11) is 0. The lowest BCUT2D eigenvalue weighted by Crippen LogP contribution is -2.43. The van der Waals surface area contributed by atoms with Crippen LogP contribution in [0.4, 0.5) is 5.82 Å². The Morgan fingerprint density at radius 3 is 2.71 bits per heavy atom. The average molecular weight is 475 g/mol. The minimum atomic E-state index is -0.0942. The Morgan fingerprint density at radius 1 is 1.11 bits per heavy atom. The summed E-state index contributed by atoms with van der Waals surface area (Å²) in [6, 6.07) is 6.62. The Morgan fingerprint density at radius 2 is 1.91 bits per heavy atom. The van der Waals surface area contributed by atoms with Crippen molar-refractivity contribution >= 4 is 11.7 Å². The number of anilines is 1. The Hall–Kier alpha value is -2.92. The fourth-order valence-corrected chi connectivity index (χ4v) is 6.55. The van der Waals surface area contributed by atoms with Crippen LogP contribution in [0.15, 0.2) is 18.3 Å². The van der Waals surface area contributed by atoms with Gasteiger partial charge in [0.25, 0.3) is 5.91 Å². The molecule has 1 N–H and O–H groups in total. The normalized spacial score (nSPS) is 26.1. The number of piperidine rings is 1. The molecule has 1 saturated carbocycles. The monoisotopic (exact) mass is 474 g/mol. The van der Waals surface area contributed by atoms with Crippen LogP contribution >= 0.6 is 0 Å². The largest absolute Gasteiger partial charge is 0.381 e. The van der Waals surface area contributed by atoms with Gasteiger partial charge in [0.05, 0.1) is 35.5 Å². The summed E-state index contributed by atoms with van der Waals surface area (Å²) in [5.41, 5.74) is 3.54. The molecule has 3 fully saturated rings. The van der Waals surface area contributed by atoms with Gasteiger partial charge in [0, 0.05) is 50.2 Å². The predicted molar refractivity (Wildman–Crippen MR) is 131 cm³/mol. The Bertz CT molecular complexity index is 1140. The predicted octanol–water partition coefficient (Wildman–Crippen LogP) is 4.10. The highest BCUT2D eigenvalue weighted by molar-refractivity contribution is 6.01. The van der Waals surface area contributed by atoms with Gasteiger partial charge < -0.3 is 15.0 Å². The van der Waals surface area contributed by atoms with Gasteiger partial charge in [0.15, 0.2) is 5.82 Å². The third-order valence-electron chi connectivity index (χ3n) is 8.82. The molecule has 4 aliphatic rings. The van der Waals surface area contributed by atoms with Crippen molar-refractivity contribution in [1.82, 2.24) is 20.1 Å². The fourth-order valence-electron chi connectivity index (χ4n) is 6.55. The van der Waals surface area contributed by atoms with Gasteiger partial charge >= 0.3 is 0 Å². The van der Waals surface area contributed by atoms with Crippen LogP contribution in [0.2, 0.25) is 0 Å². The molecule has 0 radical (unpaired) electrons. The van der Waals surface area contributed by atoms with Crippen molar-refractivity contribution in [3.8, 4) is 11.8 Å². The first-order valence-electron chi connectivity index (χ1n) is 13.3. The zero-order chi connectivity index (χ0) is 23.8. The first-order valence-corrected chi connectivity index (χ1v) is 13.3. The number of carbonyl (C=O) groups excluding carboxylic acids is 1. The van der Waals surface area contributed by atoms with E-state index in [0.29, 0.717) is 17.5 Å². The third-order valence-corrected chi connectivity index (χ3v) is 8.82. The molecule has 2 saturated heterocycles. The van der Waals surface area contributed by atoms with E-state index in [1.54, 1.807) is 0 Å². The van der Waals surface area contributed by atoms with Gasteiger partial charge in [-0.15, -0.1) is 0 Å². The quantitative estimate of drug-likeness (QED) is 0.673. The van der Waals surface area contributed by atoms with Crippen molar-refractivity contribution in [2.75, 3.05) is 31.2 Å². The van der Waals surface area contributed by atoms with E-state index in [9.17, 15) is 10.1 Å². The number of amides is 1. The van der Waals surface area contributed by atoms with E-state index >= 15 is 0 Å². The lowest BCUT2D eigenvalue weighted by atomic mass is 9.72. The first-order chi connectivity index (χ1) is 17.2. The molecule has 35 heavy (non-hydrogen) atoms. The van der Waals surface area contributed by atoms with Crippen LogP contribution in [-0.2, 0) is 11.3 Å². The number of aromatic nitrogens is 3. The van der Waals surface area contributed by atoms with E-state index in [4.69, 9.17) is 14.8 Å². The summed E-state index contributed by atoms with van der Waals surface area (Å²) >= 11 is 0. The van der Waals surface area contributed by atoms with Crippen molar-refractivity contribution in [2.45, 2.75) is 70.3 Å². The molecule has 0 bridgehead atoms. The molecular formula is C27H34N6O2. The summed E-state index contributed by atoms with van der Waals surface area (Å²) in [4.78, 5) is 20.0. The molecule has 1 amide bonds. The summed E-state index contributed by atoms with van der Waals surface area (Å²) in [5.74, 6) is 0.945. The molecule has 2 aromatic rings. The van der Waals surface area contributed by atoms with E-state index in [1.807, 2.05) is 16.9 Å². The lowest BCUT2D eigenvalue weighted by Gasteiger charge is -2.44. The van der Waals surface area contributed by atoms with E-state index in [1.165, 1.54) is 32.1 Å². The molecule has 5 heterocycles. The molecule has 3 aliphatic heterocycles. The highest BCUT2D eigenvalue weighted by Gasteiger charge is 2.37. The SMILES string of the molecule is N#CC1CCCCCC1c1cc(-n2ccc(N3CCC4(CCOCC4)CC3)n2)c2c(n1)CNC2=O. The standard InChI is InChI=1S/C27H34N6O2/c28-17-19-4-2-1-3-5-20(19)21-16-23(25-22(30-21)18-29-26(25)34)33-11-6-24(31-33)32-12-7-27(8-13-32)9-14-35-15-10-27/h6,11,16,19-20H,1-5,7-10,12-15,18H2,(H,29,34). The number of nitrogens with one attached hydrogen (secondary N) is 1. The van der Waals surface area contributed by atoms with Gasteiger partial charge in [0.2, 0.25) is 0 Å². The summed E-state index contributed by atoms with van der Waals surface area (Å²) in [6.07, 6.45) is 11.9. The molecule has 2 unspecified atom stereocenters. The second kappa shape index (κ2) is 9.27. The van der Waals surface area contributed by atoms with Crippen molar-refractivity contribution in [2.24, 2.45) is 11.3 Å². The number of rotatable bonds is 3. The zero-order valence-electron chi connectivity index (χ0n) is 20.3. The van der Waals surface area contributed by atoms with Gasteiger partial charge in [-0.1, -0.05) is 19.3 Å². The molecule has 184 valence electrons. The van der Waals surface area contributed by atoms with Crippen LogP contribution in [0.25, 0.3) is 5.69 Å². The molecule has 8 heteroatoms. The summed E-state index contributed by atoms with van der Waals surface area (Å²) in [5, 5.41) is 17.7. The average Bonchev–Trinajstić information content (AvgIpc) is 3.45. The molecule has 6 rings (SSSR count). The molecule has 1 spiro atoms. The van der Waals surface area contributed by atoms with Crippen LogP contribution in [0.5, 0.6) is 0 Å². The maximum Gasteiger partial charge on any atom is 0.255 e. The van der Waals surface area contributed by atoms with Gasteiger partial charge in [-0.2, -0.15) is 10.4 Å².